The zero-order valence-corrected chi connectivity index (χ0v) is 22.2. The number of carbonyl (C=O) groups excluding carboxylic acids is 1. The Morgan fingerprint density at radius 1 is 1.26 bits per heavy atom. The van der Waals surface area contributed by atoms with Gasteiger partial charge in [-0.15, -0.1) is 6.58 Å². The van der Waals surface area contributed by atoms with Gasteiger partial charge in [0, 0.05) is 44.1 Å². The lowest BCUT2D eigenvalue weighted by Gasteiger charge is -2.30. The second-order valence-corrected chi connectivity index (χ2v) is 9.36. The van der Waals surface area contributed by atoms with Crippen molar-refractivity contribution in [1.29, 1.82) is 5.26 Å². The molecule has 0 spiro atoms. The maximum Gasteiger partial charge on any atom is 0.416 e. The molecule has 0 unspecified atom stereocenters. The molecule has 1 heterocycles. The van der Waals surface area contributed by atoms with Gasteiger partial charge in [0.15, 0.2) is 5.11 Å². The number of rotatable bonds is 11. The lowest BCUT2D eigenvalue weighted by Crippen LogP contribution is -2.47. The van der Waals surface area contributed by atoms with Crippen molar-refractivity contribution in [3.63, 3.8) is 0 Å². The van der Waals surface area contributed by atoms with E-state index in [0.717, 1.165) is 11.6 Å². The number of hydrogen-bond donors (Lipinski definition) is 2. The van der Waals surface area contributed by atoms with Gasteiger partial charge in [0.2, 0.25) is 5.91 Å². The second-order valence-electron chi connectivity index (χ2n) is 8.98. The SMILES string of the molecule is C=CCNC(=S)N(Cc1ccccc1C(F)(F)F)C[C@H](C)NC(=O)Cc1cncn1Cc1ccc(C#N)cc1. The van der Waals surface area contributed by atoms with Crippen LogP contribution in [0.5, 0.6) is 0 Å². The van der Waals surface area contributed by atoms with Crippen LogP contribution >= 0.6 is 12.2 Å². The van der Waals surface area contributed by atoms with E-state index < -0.39 is 17.8 Å². The summed E-state index contributed by atoms with van der Waals surface area (Å²) in [5.74, 6) is -0.260. The number of nitrogens with one attached hydrogen (secondary N) is 2. The van der Waals surface area contributed by atoms with Crippen LogP contribution in [0.2, 0.25) is 0 Å². The van der Waals surface area contributed by atoms with E-state index in [0.29, 0.717) is 24.3 Å². The molecule has 0 aliphatic heterocycles. The molecule has 3 aromatic rings. The predicted molar refractivity (Wildman–Crippen MR) is 146 cm³/mol. The highest BCUT2D eigenvalue weighted by Crippen LogP contribution is 2.32. The molecule has 39 heavy (non-hydrogen) atoms. The first-order chi connectivity index (χ1) is 18.6. The van der Waals surface area contributed by atoms with Crippen LogP contribution in [0.1, 0.15) is 34.9 Å². The zero-order chi connectivity index (χ0) is 28.4. The van der Waals surface area contributed by atoms with Crippen molar-refractivity contribution < 1.29 is 18.0 Å². The Hall–Kier alpha value is -4.17. The molecule has 0 saturated carbocycles. The summed E-state index contributed by atoms with van der Waals surface area (Å²) in [6.45, 7) is 6.33. The van der Waals surface area contributed by atoms with Crippen LogP contribution in [0.3, 0.4) is 0 Å². The molecule has 0 radical (unpaired) electrons. The number of halogens is 3. The Morgan fingerprint density at radius 3 is 2.64 bits per heavy atom. The zero-order valence-electron chi connectivity index (χ0n) is 21.4. The normalized spacial score (nSPS) is 11.8. The highest BCUT2D eigenvalue weighted by molar-refractivity contribution is 7.80. The number of aromatic nitrogens is 2. The molecule has 0 bridgehead atoms. The second kappa shape index (κ2) is 13.6. The van der Waals surface area contributed by atoms with Crippen molar-refractivity contribution in [2.24, 2.45) is 0 Å². The number of nitriles is 1. The van der Waals surface area contributed by atoms with Crippen molar-refractivity contribution >= 4 is 23.2 Å². The molecule has 0 saturated heterocycles. The molecule has 0 aliphatic rings. The molecular weight excluding hydrogens is 525 g/mol. The largest absolute Gasteiger partial charge is 0.416 e. The number of alkyl halides is 3. The maximum absolute atomic E-state index is 13.6. The van der Waals surface area contributed by atoms with E-state index in [2.05, 4.69) is 28.3 Å². The van der Waals surface area contributed by atoms with Crippen molar-refractivity contribution in [3.8, 4) is 6.07 Å². The first-order valence-corrected chi connectivity index (χ1v) is 12.6. The van der Waals surface area contributed by atoms with E-state index >= 15 is 0 Å². The standard InChI is InChI=1S/C28H29F3N6OS/c1-3-12-34-27(39)36(18-23-6-4-5-7-25(23)28(29,30)31)16-20(2)35-26(38)13-24-15-33-19-37(24)17-22-10-8-21(14-32)9-11-22/h3-11,15,19-20H,1,12-13,16-18H2,2H3,(H,34,39)(H,35,38)/t20-/m0/s1. The van der Waals surface area contributed by atoms with Crippen LogP contribution in [-0.4, -0.2) is 44.6 Å². The van der Waals surface area contributed by atoms with Gasteiger partial charge in [0.05, 0.1) is 29.9 Å². The van der Waals surface area contributed by atoms with Crippen LogP contribution < -0.4 is 10.6 Å². The van der Waals surface area contributed by atoms with Gasteiger partial charge in [0.25, 0.3) is 0 Å². The predicted octanol–water partition coefficient (Wildman–Crippen LogP) is 4.43. The first kappa shape index (κ1) is 29.4. The van der Waals surface area contributed by atoms with Crippen LogP contribution in [0, 0.1) is 11.3 Å². The number of amides is 1. The van der Waals surface area contributed by atoms with Gasteiger partial charge in [-0.3, -0.25) is 4.79 Å². The van der Waals surface area contributed by atoms with Crippen molar-refractivity contribution in [2.45, 2.75) is 38.7 Å². The first-order valence-electron chi connectivity index (χ1n) is 12.2. The lowest BCUT2D eigenvalue weighted by atomic mass is 10.1. The lowest BCUT2D eigenvalue weighted by molar-refractivity contribution is -0.138. The van der Waals surface area contributed by atoms with E-state index in [9.17, 15) is 18.0 Å². The Kier molecular flexibility index (Phi) is 10.2. The molecule has 3 rings (SSSR count). The van der Waals surface area contributed by atoms with Crippen LogP contribution in [0.4, 0.5) is 13.2 Å². The number of benzene rings is 2. The topological polar surface area (TPSA) is 86.0 Å². The van der Waals surface area contributed by atoms with E-state index in [4.69, 9.17) is 17.5 Å². The van der Waals surface area contributed by atoms with Crippen LogP contribution in [0.15, 0.2) is 73.7 Å². The summed E-state index contributed by atoms with van der Waals surface area (Å²) < 4.78 is 42.5. The molecule has 1 atom stereocenters. The Morgan fingerprint density at radius 2 is 1.97 bits per heavy atom. The number of thiocarbonyl (C=S) groups is 1. The fourth-order valence-electron chi connectivity index (χ4n) is 4.02. The molecule has 2 aromatic carbocycles. The Balaban J connectivity index is 1.66. The summed E-state index contributed by atoms with van der Waals surface area (Å²) in [6, 6.07) is 14.2. The maximum atomic E-state index is 13.6. The minimum absolute atomic E-state index is 0.0662. The fraction of sp³-hybridized carbons (Fsp3) is 0.286. The Bertz CT molecular complexity index is 1330. The minimum atomic E-state index is -4.50. The quantitative estimate of drug-likeness (QED) is 0.270. The smallest absolute Gasteiger partial charge is 0.359 e. The molecule has 1 aromatic heterocycles. The van der Waals surface area contributed by atoms with Crippen molar-refractivity contribution in [1.82, 2.24) is 25.1 Å². The molecule has 0 aliphatic carbocycles. The van der Waals surface area contributed by atoms with E-state index in [1.165, 1.54) is 12.1 Å². The number of imidazole rings is 1. The molecule has 11 heteroatoms. The van der Waals surface area contributed by atoms with Gasteiger partial charge in [-0.05, 0) is 48.5 Å². The minimum Gasteiger partial charge on any atom is -0.359 e. The highest BCUT2D eigenvalue weighted by atomic mass is 32.1. The summed E-state index contributed by atoms with van der Waals surface area (Å²) in [7, 11) is 0. The van der Waals surface area contributed by atoms with Gasteiger partial charge in [-0.1, -0.05) is 36.4 Å². The summed E-state index contributed by atoms with van der Waals surface area (Å²) in [5.41, 5.74) is 1.57. The number of nitrogens with zero attached hydrogens (tertiary/aromatic N) is 4. The summed E-state index contributed by atoms with van der Waals surface area (Å²) >= 11 is 5.44. The average molecular weight is 555 g/mol. The van der Waals surface area contributed by atoms with E-state index in [1.807, 2.05) is 16.7 Å². The highest BCUT2D eigenvalue weighted by Gasteiger charge is 2.33. The number of carbonyl (C=O) groups is 1. The van der Waals surface area contributed by atoms with E-state index in [1.54, 1.807) is 48.6 Å². The van der Waals surface area contributed by atoms with Gasteiger partial charge in [0.1, 0.15) is 0 Å². The third-order valence-corrected chi connectivity index (χ3v) is 6.25. The third kappa shape index (κ3) is 8.68. The van der Waals surface area contributed by atoms with Gasteiger partial charge >= 0.3 is 6.18 Å². The third-order valence-electron chi connectivity index (χ3n) is 5.85. The van der Waals surface area contributed by atoms with Crippen molar-refractivity contribution in [3.05, 3.63) is 102 Å². The van der Waals surface area contributed by atoms with Crippen molar-refractivity contribution in [2.75, 3.05) is 13.1 Å². The van der Waals surface area contributed by atoms with Crippen LogP contribution in [-0.2, 0) is 30.5 Å². The van der Waals surface area contributed by atoms with E-state index in [-0.39, 0.29) is 36.1 Å². The number of hydrogen-bond acceptors (Lipinski definition) is 4. The summed E-state index contributed by atoms with van der Waals surface area (Å²) in [6.07, 6.45) is 0.409. The van der Waals surface area contributed by atoms with Gasteiger partial charge < -0.3 is 20.1 Å². The van der Waals surface area contributed by atoms with Gasteiger partial charge in [-0.25, -0.2) is 4.98 Å². The average Bonchev–Trinajstić information content (AvgIpc) is 3.32. The molecule has 1 amide bonds. The summed E-state index contributed by atoms with van der Waals surface area (Å²) in [5, 5.41) is 15.1. The monoisotopic (exact) mass is 554 g/mol. The molecule has 7 nitrogen and oxygen atoms in total. The molecule has 204 valence electrons. The molecule has 2 N–H and O–H groups in total. The molecular formula is C28H29F3N6OS. The Labute approximate surface area is 231 Å². The van der Waals surface area contributed by atoms with Gasteiger partial charge in [-0.2, -0.15) is 18.4 Å². The van der Waals surface area contributed by atoms with Crippen LogP contribution in [0.25, 0.3) is 0 Å². The molecule has 0 fully saturated rings. The summed E-state index contributed by atoms with van der Waals surface area (Å²) in [4.78, 5) is 18.6. The fourth-order valence-corrected chi connectivity index (χ4v) is 4.24.